The highest BCUT2D eigenvalue weighted by molar-refractivity contribution is 9.10. The molecule has 0 unspecified atom stereocenters. The third-order valence-corrected chi connectivity index (χ3v) is 3.82. The van der Waals surface area contributed by atoms with Gasteiger partial charge in [-0.25, -0.2) is 4.79 Å². The van der Waals surface area contributed by atoms with E-state index in [9.17, 15) is 18.0 Å². The fourth-order valence-electron chi connectivity index (χ4n) is 1.25. The fourth-order valence-corrected chi connectivity index (χ4v) is 2.50. The summed E-state index contributed by atoms with van der Waals surface area (Å²) in [6.07, 6.45) is 0. The van der Waals surface area contributed by atoms with Gasteiger partial charge in [-0.3, -0.25) is 0 Å². The Labute approximate surface area is 119 Å². The summed E-state index contributed by atoms with van der Waals surface area (Å²) in [5.41, 5.74) is -4.71. The molecule has 19 heavy (non-hydrogen) atoms. The van der Waals surface area contributed by atoms with Crippen molar-refractivity contribution in [2.45, 2.75) is 17.3 Å². The van der Waals surface area contributed by atoms with E-state index in [1.807, 2.05) is 0 Å². The number of carbonyl (C=O) groups excluding carboxylic acids is 1. The summed E-state index contributed by atoms with van der Waals surface area (Å²) < 4.78 is 41.6. The molecule has 8 heteroatoms. The highest BCUT2D eigenvalue weighted by atomic mass is 79.9. The van der Waals surface area contributed by atoms with E-state index in [0.717, 1.165) is 12.1 Å². The summed E-state index contributed by atoms with van der Waals surface area (Å²) in [6, 6.07) is 3.97. The number of benzene rings is 1. The van der Waals surface area contributed by atoms with E-state index in [0.29, 0.717) is 0 Å². The number of nitriles is 1. The summed E-state index contributed by atoms with van der Waals surface area (Å²) in [5, 5.41) is 8.96. The lowest BCUT2D eigenvalue weighted by Gasteiger charge is -2.11. The molecule has 0 fully saturated rings. The quantitative estimate of drug-likeness (QED) is 0.606. The molecular formula is C11H7BrF3NO2S. The number of rotatable bonds is 3. The predicted molar refractivity (Wildman–Crippen MR) is 66.7 cm³/mol. The SMILES string of the molecule is CCOC(=O)c1ccc(SC(F)(F)F)c(Br)c1C#N. The summed E-state index contributed by atoms with van der Waals surface area (Å²) in [5.74, 6) is -0.747. The minimum atomic E-state index is -4.47. The minimum Gasteiger partial charge on any atom is -0.462 e. The summed E-state index contributed by atoms with van der Waals surface area (Å²) in [6.45, 7) is 1.70. The number of hydrogen-bond acceptors (Lipinski definition) is 4. The molecule has 102 valence electrons. The Kier molecular flexibility index (Phi) is 5.26. The van der Waals surface area contributed by atoms with E-state index < -0.39 is 11.5 Å². The molecule has 0 atom stereocenters. The Bertz CT molecular complexity index is 540. The molecule has 0 aliphatic rings. The van der Waals surface area contributed by atoms with Crippen molar-refractivity contribution in [2.24, 2.45) is 0 Å². The van der Waals surface area contributed by atoms with Gasteiger partial charge in [0, 0.05) is 4.90 Å². The minimum absolute atomic E-state index is 0.0668. The molecule has 0 heterocycles. The lowest BCUT2D eigenvalue weighted by molar-refractivity contribution is -0.0328. The third-order valence-electron chi connectivity index (χ3n) is 1.94. The van der Waals surface area contributed by atoms with Crippen molar-refractivity contribution >= 4 is 33.7 Å². The summed E-state index contributed by atoms with van der Waals surface area (Å²) in [7, 11) is 0. The maximum Gasteiger partial charge on any atom is 0.446 e. The first-order valence-electron chi connectivity index (χ1n) is 4.95. The molecule has 0 bridgehead atoms. The summed E-state index contributed by atoms with van der Waals surface area (Å²) >= 11 is 2.55. The van der Waals surface area contributed by atoms with E-state index in [4.69, 9.17) is 10.00 Å². The van der Waals surface area contributed by atoms with Crippen molar-refractivity contribution in [3.8, 4) is 6.07 Å². The Morgan fingerprint density at radius 3 is 2.63 bits per heavy atom. The molecule has 0 aliphatic heterocycles. The maximum absolute atomic E-state index is 12.3. The molecule has 0 saturated heterocycles. The van der Waals surface area contributed by atoms with Crippen molar-refractivity contribution in [1.29, 1.82) is 5.26 Å². The van der Waals surface area contributed by atoms with E-state index >= 15 is 0 Å². The number of halogens is 4. The molecule has 0 aliphatic carbocycles. The predicted octanol–water partition coefficient (Wildman–Crippen LogP) is 4.11. The molecule has 0 spiro atoms. The molecule has 1 rings (SSSR count). The van der Waals surface area contributed by atoms with Crippen LogP contribution in [0.5, 0.6) is 0 Å². The van der Waals surface area contributed by atoms with Gasteiger partial charge < -0.3 is 4.74 Å². The first kappa shape index (κ1) is 15.9. The van der Waals surface area contributed by atoms with E-state index in [-0.39, 0.29) is 38.9 Å². The van der Waals surface area contributed by atoms with Crippen molar-refractivity contribution in [2.75, 3.05) is 6.61 Å². The van der Waals surface area contributed by atoms with Gasteiger partial charge in [-0.1, -0.05) is 0 Å². The zero-order valence-electron chi connectivity index (χ0n) is 9.55. The van der Waals surface area contributed by atoms with Gasteiger partial charge in [-0.05, 0) is 46.7 Å². The lowest BCUT2D eigenvalue weighted by Crippen LogP contribution is -2.08. The third kappa shape index (κ3) is 4.14. The topological polar surface area (TPSA) is 50.1 Å². The van der Waals surface area contributed by atoms with Gasteiger partial charge in [-0.15, -0.1) is 0 Å². The number of thioether (sulfide) groups is 1. The van der Waals surface area contributed by atoms with Crippen LogP contribution >= 0.6 is 27.7 Å². The van der Waals surface area contributed by atoms with Gasteiger partial charge in [0.05, 0.1) is 22.2 Å². The Balaban J connectivity index is 3.24. The second-order valence-electron chi connectivity index (χ2n) is 3.18. The van der Waals surface area contributed by atoms with Crippen LogP contribution < -0.4 is 0 Å². The van der Waals surface area contributed by atoms with Crippen LogP contribution in [0.2, 0.25) is 0 Å². The molecule has 1 aromatic rings. The average molecular weight is 354 g/mol. The van der Waals surface area contributed by atoms with Crippen LogP contribution in [-0.2, 0) is 4.74 Å². The van der Waals surface area contributed by atoms with Crippen molar-refractivity contribution in [1.82, 2.24) is 0 Å². The monoisotopic (exact) mass is 353 g/mol. The fraction of sp³-hybridized carbons (Fsp3) is 0.273. The molecule has 0 N–H and O–H groups in total. The van der Waals surface area contributed by atoms with Crippen molar-refractivity contribution < 1.29 is 22.7 Å². The van der Waals surface area contributed by atoms with Crippen molar-refractivity contribution in [3.63, 3.8) is 0 Å². The maximum atomic E-state index is 12.3. The lowest BCUT2D eigenvalue weighted by atomic mass is 10.1. The average Bonchev–Trinajstić information content (AvgIpc) is 2.30. The van der Waals surface area contributed by atoms with Crippen LogP contribution in [0.1, 0.15) is 22.8 Å². The second-order valence-corrected chi connectivity index (χ2v) is 5.08. The van der Waals surface area contributed by atoms with Crippen LogP contribution in [0.3, 0.4) is 0 Å². The van der Waals surface area contributed by atoms with Gasteiger partial charge in [0.15, 0.2) is 0 Å². The molecule has 0 amide bonds. The Morgan fingerprint density at radius 2 is 2.16 bits per heavy atom. The normalized spacial score (nSPS) is 10.9. The van der Waals surface area contributed by atoms with Crippen LogP contribution in [-0.4, -0.2) is 18.1 Å². The first-order chi connectivity index (χ1) is 8.80. The van der Waals surface area contributed by atoms with Crippen LogP contribution in [0.4, 0.5) is 13.2 Å². The Morgan fingerprint density at radius 1 is 1.53 bits per heavy atom. The Hall–Kier alpha value is -1.20. The van der Waals surface area contributed by atoms with Crippen LogP contribution in [0.25, 0.3) is 0 Å². The zero-order valence-corrected chi connectivity index (χ0v) is 11.9. The zero-order chi connectivity index (χ0) is 14.6. The molecule has 0 saturated carbocycles. The van der Waals surface area contributed by atoms with Gasteiger partial charge in [-0.2, -0.15) is 18.4 Å². The standard InChI is InChI=1S/C11H7BrF3NO2S/c1-2-18-10(17)6-3-4-8(19-11(13,14)15)9(12)7(6)5-16/h3-4H,2H2,1H3. The van der Waals surface area contributed by atoms with Gasteiger partial charge in [0.1, 0.15) is 6.07 Å². The number of esters is 1. The van der Waals surface area contributed by atoms with Crippen LogP contribution in [0, 0.1) is 11.3 Å². The molecule has 1 aromatic carbocycles. The van der Waals surface area contributed by atoms with E-state index in [1.54, 1.807) is 13.0 Å². The largest absolute Gasteiger partial charge is 0.462 e. The smallest absolute Gasteiger partial charge is 0.446 e. The van der Waals surface area contributed by atoms with Gasteiger partial charge >= 0.3 is 11.5 Å². The highest BCUT2D eigenvalue weighted by Crippen LogP contribution is 2.42. The molecule has 3 nitrogen and oxygen atoms in total. The first-order valence-corrected chi connectivity index (χ1v) is 6.56. The van der Waals surface area contributed by atoms with E-state index in [2.05, 4.69) is 15.9 Å². The van der Waals surface area contributed by atoms with Gasteiger partial charge in [0.25, 0.3) is 0 Å². The molecule has 0 aromatic heterocycles. The number of carbonyl (C=O) groups is 1. The second kappa shape index (κ2) is 6.30. The van der Waals surface area contributed by atoms with Gasteiger partial charge in [0.2, 0.25) is 0 Å². The van der Waals surface area contributed by atoms with Crippen molar-refractivity contribution in [3.05, 3.63) is 27.7 Å². The number of hydrogen-bond donors (Lipinski definition) is 0. The number of nitrogens with zero attached hydrogens (tertiary/aromatic N) is 1. The van der Waals surface area contributed by atoms with Crippen LogP contribution in [0.15, 0.2) is 21.5 Å². The molecular weight excluding hydrogens is 347 g/mol. The molecule has 0 radical (unpaired) electrons. The number of alkyl halides is 3. The summed E-state index contributed by atoms with van der Waals surface area (Å²) in [4.78, 5) is 11.4. The van der Waals surface area contributed by atoms with E-state index in [1.165, 1.54) is 0 Å². The highest BCUT2D eigenvalue weighted by Gasteiger charge is 2.31. The number of ether oxygens (including phenoxy) is 1.